The van der Waals surface area contributed by atoms with Gasteiger partial charge in [-0.25, -0.2) is 12.8 Å². The van der Waals surface area contributed by atoms with E-state index in [9.17, 15) is 17.6 Å². The van der Waals surface area contributed by atoms with E-state index in [1.165, 1.54) is 12.1 Å². The maximum Gasteiger partial charge on any atom is 0.264 e. The van der Waals surface area contributed by atoms with Gasteiger partial charge in [0, 0.05) is 0 Å². The van der Waals surface area contributed by atoms with Gasteiger partial charge < -0.3 is 14.8 Å². The van der Waals surface area contributed by atoms with Crippen molar-refractivity contribution in [3.8, 4) is 11.5 Å². The Kier molecular flexibility index (Phi) is 6.50. The van der Waals surface area contributed by atoms with Gasteiger partial charge in [-0.05, 0) is 61.0 Å². The van der Waals surface area contributed by atoms with Gasteiger partial charge in [0.1, 0.15) is 25.6 Å². The number of rotatable bonds is 7. The van der Waals surface area contributed by atoms with E-state index in [4.69, 9.17) is 9.47 Å². The normalized spacial score (nSPS) is 13.8. The van der Waals surface area contributed by atoms with Crippen LogP contribution in [0.25, 0.3) is 0 Å². The molecule has 1 heterocycles. The summed E-state index contributed by atoms with van der Waals surface area (Å²) in [4.78, 5) is 12.8. The molecular weight excluding hydrogens is 447 g/mol. The Morgan fingerprint density at radius 3 is 2.36 bits per heavy atom. The van der Waals surface area contributed by atoms with Gasteiger partial charge in [0.25, 0.3) is 10.0 Å². The first-order chi connectivity index (χ1) is 15.8. The second kappa shape index (κ2) is 9.50. The molecule has 0 aromatic heterocycles. The number of sulfonamides is 1. The zero-order valence-electron chi connectivity index (χ0n) is 17.9. The molecule has 3 aromatic carbocycles. The minimum absolute atomic E-state index is 0.111. The maximum atomic E-state index is 13.3. The number of nitrogens with zero attached hydrogens (tertiary/aromatic N) is 1. The fourth-order valence-corrected chi connectivity index (χ4v) is 4.89. The van der Waals surface area contributed by atoms with Crippen molar-refractivity contribution in [3.63, 3.8) is 0 Å². The van der Waals surface area contributed by atoms with Gasteiger partial charge in [-0.3, -0.25) is 9.10 Å². The molecule has 3 aromatic rings. The highest BCUT2D eigenvalue weighted by atomic mass is 32.2. The Bertz CT molecular complexity index is 1230. The number of nitrogens with one attached hydrogen (secondary N) is 1. The van der Waals surface area contributed by atoms with E-state index in [1.54, 1.807) is 49.4 Å². The van der Waals surface area contributed by atoms with Gasteiger partial charge in [-0.15, -0.1) is 0 Å². The molecule has 1 aliphatic heterocycles. The number of anilines is 1. The third-order valence-corrected chi connectivity index (χ3v) is 6.96. The molecule has 33 heavy (non-hydrogen) atoms. The van der Waals surface area contributed by atoms with Crippen LogP contribution in [0.4, 0.5) is 10.1 Å². The molecule has 1 unspecified atom stereocenters. The molecule has 4 rings (SSSR count). The molecule has 0 radical (unpaired) electrons. The summed E-state index contributed by atoms with van der Waals surface area (Å²) in [5, 5.41) is 2.83. The Morgan fingerprint density at radius 1 is 1.00 bits per heavy atom. The lowest BCUT2D eigenvalue weighted by Gasteiger charge is -2.25. The number of fused-ring (bicyclic) bond motifs is 1. The fraction of sp³-hybridized carbons (Fsp3) is 0.208. The second-order valence-corrected chi connectivity index (χ2v) is 9.36. The summed E-state index contributed by atoms with van der Waals surface area (Å²) in [5.74, 6) is 0.201. The molecule has 1 aliphatic rings. The predicted molar refractivity (Wildman–Crippen MR) is 121 cm³/mol. The van der Waals surface area contributed by atoms with Crippen LogP contribution in [-0.4, -0.2) is 34.1 Å². The number of hydrogen-bond acceptors (Lipinski definition) is 5. The molecular formula is C24H23FN2O5S. The second-order valence-electron chi connectivity index (χ2n) is 7.49. The van der Waals surface area contributed by atoms with Crippen LogP contribution in [-0.2, 0) is 14.8 Å². The average Bonchev–Trinajstić information content (AvgIpc) is 2.83. The Hall–Kier alpha value is -3.59. The maximum absolute atomic E-state index is 13.3. The van der Waals surface area contributed by atoms with Crippen LogP contribution in [0.1, 0.15) is 18.5 Å². The summed E-state index contributed by atoms with van der Waals surface area (Å²) in [6.45, 7) is 2.28. The number of carbonyl (C=O) groups excluding carboxylic acids is 1. The van der Waals surface area contributed by atoms with Crippen molar-refractivity contribution in [1.82, 2.24) is 5.32 Å². The molecule has 0 saturated heterocycles. The fourth-order valence-electron chi connectivity index (χ4n) is 3.47. The summed E-state index contributed by atoms with van der Waals surface area (Å²) < 4.78 is 52.0. The molecule has 0 bridgehead atoms. The summed E-state index contributed by atoms with van der Waals surface area (Å²) in [5.41, 5.74) is 1.12. The topological polar surface area (TPSA) is 84.9 Å². The van der Waals surface area contributed by atoms with E-state index in [0.29, 0.717) is 30.4 Å². The minimum atomic E-state index is -4.11. The van der Waals surface area contributed by atoms with Crippen molar-refractivity contribution >= 4 is 21.6 Å². The molecule has 172 valence electrons. The van der Waals surface area contributed by atoms with E-state index < -0.39 is 34.3 Å². The van der Waals surface area contributed by atoms with E-state index in [1.807, 2.05) is 6.07 Å². The summed E-state index contributed by atoms with van der Waals surface area (Å²) in [6, 6.07) is 17.8. The number of ether oxygens (including phenoxy) is 2. The average molecular weight is 471 g/mol. The Morgan fingerprint density at radius 2 is 1.67 bits per heavy atom. The van der Waals surface area contributed by atoms with Crippen LogP contribution in [0.3, 0.4) is 0 Å². The molecule has 9 heteroatoms. The van der Waals surface area contributed by atoms with E-state index in [0.717, 1.165) is 22.0 Å². The van der Waals surface area contributed by atoms with Crippen molar-refractivity contribution in [2.24, 2.45) is 0 Å². The number of benzene rings is 3. The third-order valence-electron chi connectivity index (χ3n) is 5.18. The molecule has 0 spiro atoms. The number of hydrogen-bond donors (Lipinski definition) is 1. The van der Waals surface area contributed by atoms with Gasteiger partial charge in [0.2, 0.25) is 5.91 Å². The number of carbonyl (C=O) groups is 1. The SMILES string of the molecule is CC(NC(=O)CN(c1ccccc1)S(=O)(=O)c1ccc(F)cc1)c1ccc2c(c1)OCCO2. The van der Waals surface area contributed by atoms with Gasteiger partial charge >= 0.3 is 0 Å². The number of amides is 1. The zero-order valence-corrected chi connectivity index (χ0v) is 18.7. The Labute approximate surface area is 191 Å². The molecule has 0 fully saturated rings. The minimum Gasteiger partial charge on any atom is -0.486 e. The van der Waals surface area contributed by atoms with Gasteiger partial charge in [-0.1, -0.05) is 24.3 Å². The van der Waals surface area contributed by atoms with Crippen LogP contribution in [0, 0.1) is 5.82 Å². The summed E-state index contributed by atoms with van der Waals surface area (Å²) in [6.07, 6.45) is 0. The van der Waals surface area contributed by atoms with Crippen molar-refractivity contribution in [3.05, 3.63) is 84.2 Å². The molecule has 0 aliphatic carbocycles. The third kappa shape index (κ3) is 5.09. The van der Waals surface area contributed by atoms with Crippen LogP contribution in [0.15, 0.2) is 77.7 Å². The van der Waals surface area contributed by atoms with Gasteiger partial charge in [-0.2, -0.15) is 0 Å². The predicted octanol–water partition coefficient (Wildman–Crippen LogP) is 3.67. The van der Waals surface area contributed by atoms with Crippen molar-refractivity contribution in [2.75, 3.05) is 24.1 Å². The molecule has 1 N–H and O–H groups in total. The number of halogens is 1. The molecule has 7 nitrogen and oxygen atoms in total. The van der Waals surface area contributed by atoms with E-state index in [-0.39, 0.29) is 4.90 Å². The lowest BCUT2D eigenvalue weighted by molar-refractivity contribution is -0.120. The lowest BCUT2D eigenvalue weighted by Crippen LogP contribution is -2.41. The largest absolute Gasteiger partial charge is 0.486 e. The lowest BCUT2D eigenvalue weighted by atomic mass is 10.1. The van der Waals surface area contributed by atoms with E-state index in [2.05, 4.69) is 5.32 Å². The van der Waals surface area contributed by atoms with Crippen LogP contribution in [0.2, 0.25) is 0 Å². The quantitative estimate of drug-likeness (QED) is 0.570. The smallest absolute Gasteiger partial charge is 0.264 e. The molecule has 1 atom stereocenters. The summed E-state index contributed by atoms with van der Waals surface area (Å²) >= 11 is 0. The zero-order chi connectivity index (χ0) is 23.4. The van der Waals surface area contributed by atoms with Crippen molar-refractivity contribution in [1.29, 1.82) is 0 Å². The van der Waals surface area contributed by atoms with Gasteiger partial charge in [0.15, 0.2) is 11.5 Å². The van der Waals surface area contributed by atoms with E-state index >= 15 is 0 Å². The van der Waals surface area contributed by atoms with Crippen LogP contribution >= 0.6 is 0 Å². The first kappa shape index (κ1) is 22.6. The standard InChI is InChI=1S/C24H23FN2O5S/c1-17(18-7-12-22-23(15-18)32-14-13-31-22)26-24(28)16-27(20-5-3-2-4-6-20)33(29,30)21-10-8-19(25)9-11-21/h2-12,15,17H,13-14,16H2,1H3,(H,26,28). The van der Waals surface area contributed by atoms with Gasteiger partial charge in [0.05, 0.1) is 16.6 Å². The molecule has 0 saturated carbocycles. The highest BCUT2D eigenvalue weighted by molar-refractivity contribution is 7.92. The van der Waals surface area contributed by atoms with Crippen molar-refractivity contribution in [2.45, 2.75) is 17.9 Å². The highest BCUT2D eigenvalue weighted by Crippen LogP contribution is 2.32. The first-order valence-electron chi connectivity index (χ1n) is 10.4. The summed E-state index contributed by atoms with van der Waals surface area (Å²) in [7, 11) is -4.11. The Balaban J connectivity index is 1.55. The first-order valence-corrected chi connectivity index (χ1v) is 11.8. The van der Waals surface area contributed by atoms with Crippen LogP contribution < -0.4 is 19.1 Å². The highest BCUT2D eigenvalue weighted by Gasteiger charge is 2.28. The van der Waals surface area contributed by atoms with Crippen LogP contribution in [0.5, 0.6) is 11.5 Å². The van der Waals surface area contributed by atoms with Crippen molar-refractivity contribution < 1.29 is 27.1 Å². The molecule has 1 amide bonds. The monoisotopic (exact) mass is 470 g/mol. The number of para-hydroxylation sites is 1.